The first-order valence-electron chi connectivity index (χ1n) is 27.8. The van der Waals surface area contributed by atoms with Gasteiger partial charge in [0.2, 0.25) is 5.95 Å². The molecule has 0 saturated carbocycles. The quantitative estimate of drug-likeness (QED) is 0.152. The van der Waals surface area contributed by atoms with Crippen molar-refractivity contribution in [1.82, 2.24) is 19.1 Å². The van der Waals surface area contributed by atoms with Crippen molar-refractivity contribution in [2.45, 2.75) is 0 Å². The summed E-state index contributed by atoms with van der Waals surface area (Å²) in [5.74, 6) is 0.589. The minimum absolute atomic E-state index is 0.589. The molecule has 0 amide bonds. The number of hydrogen-bond donors (Lipinski definition) is 0. The molecular formula is C76H46N4O2. The maximum atomic E-state index is 6.23. The maximum Gasteiger partial charge on any atom is 0.235 e. The lowest BCUT2D eigenvalue weighted by Gasteiger charge is -2.14. The number of rotatable bonds is 8. The zero-order valence-electron chi connectivity index (χ0n) is 44.2. The van der Waals surface area contributed by atoms with Gasteiger partial charge < -0.3 is 13.4 Å². The maximum absolute atomic E-state index is 6.23. The molecule has 0 unspecified atom stereocenters. The van der Waals surface area contributed by atoms with Crippen molar-refractivity contribution >= 4 is 87.5 Å². The van der Waals surface area contributed by atoms with Crippen LogP contribution in [0.3, 0.4) is 0 Å². The highest BCUT2D eigenvalue weighted by molar-refractivity contribution is 6.13. The molecule has 12 aromatic carbocycles. The molecule has 0 bridgehead atoms. The summed E-state index contributed by atoms with van der Waals surface area (Å²) in [6.45, 7) is 0. The molecular weight excluding hydrogens is 1000 g/mol. The van der Waals surface area contributed by atoms with Gasteiger partial charge >= 0.3 is 0 Å². The van der Waals surface area contributed by atoms with E-state index in [4.69, 9.17) is 18.8 Å². The number of furan rings is 2. The van der Waals surface area contributed by atoms with Crippen molar-refractivity contribution in [2.75, 3.05) is 0 Å². The highest BCUT2D eigenvalue weighted by atomic mass is 16.3. The van der Waals surface area contributed by atoms with Gasteiger partial charge in [0.05, 0.1) is 33.5 Å². The number of nitrogens with zero attached hydrogens (tertiary/aromatic N) is 4. The van der Waals surface area contributed by atoms with Crippen LogP contribution in [0.4, 0.5) is 0 Å². The fourth-order valence-corrected chi connectivity index (χ4v) is 12.6. The van der Waals surface area contributed by atoms with Crippen LogP contribution in [0.15, 0.2) is 288 Å². The Hall–Kier alpha value is -11.1. The summed E-state index contributed by atoms with van der Waals surface area (Å²) in [6.07, 6.45) is 0. The van der Waals surface area contributed by atoms with E-state index in [1.54, 1.807) is 0 Å². The van der Waals surface area contributed by atoms with Crippen LogP contribution in [0.5, 0.6) is 0 Å². The van der Waals surface area contributed by atoms with Crippen molar-refractivity contribution in [1.29, 1.82) is 0 Å². The van der Waals surface area contributed by atoms with Crippen LogP contribution in [0.2, 0.25) is 0 Å². The summed E-state index contributed by atoms with van der Waals surface area (Å²) in [6, 6.07) is 99.5. The fraction of sp³-hybridized carbons (Fsp3) is 0. The number of benzene rings is 12. The van der Waals surface area contributed by atoms with E-state index in [1.165, 1.54) is 21.9 Å². The van der Waals surface area contributed by atoms with E-state index in [0.29, 0.717) is 5.95 Å². The van der Waals surface area contributed by atoms with Crippen molar-refractivity contribution in [3.8, 4) is 78.7 Å². The van der Waals surface area contributed by atoms with Crippen LogP contribution in [-0.4, -0.2) is 19.1 Å². The highest BCUT2D eigenvalue weighted by Gasteiger charge is 2.21. The zero-order valence-corrected chi connectivity index (χ0v) is 44.2. The van der Waals surface area contributed by atoms with E-state index in [-0.39, 0.29) is 0 Å². The van der Waals surface area contributed by atoms with Crippen molar-refractivity contribution in [2.24, 2.45) is 0 Å². The molecule has 0 N–H and O–H groups in total. The summed E-state index contributed by atoms with van der Waals surface area (Å²) >= 11 is 0. The second-order valence-corrected chi connectivity index (χ2v) is 21.3. The molecule has 0 saturated heterocycles. The summed E-state index contributed by atoms with van der Waals surface area (Å²) in [7, 11) is 0. The third-order valence-electron chi connectivity index (χ3n) is 16.5. The first-order chi connectivity index (χ1) is 40.6. The molecule has 0 aliphatic carbocycles. The molecule has 0 fully saturated rings. The Bertz CT molecular complexity index is 5430. The lowest BCUT2D eigenvalue weighted by Crippen LogP contribution is -2.04. The van der Waals surface area contributed by atoms with E-state index in [1.807, 2.05) is 24.3 Å². The Labute approximate surface area is 470 Å². The summed E-state index contributed by atoms with van der Waals surface area (Å²) in [5.41, 5.74) is 21.6. The standard InChI is InChI=1S/C76H46N4O2/c1-2-15-47(16-3-1)48-17-12-18-49(39-48)50-19-13-20-55(40-50)66-46-67(78-76(77-66)80-69-28-9-5-24-59(69)63-43-52(32-36-71(63)80)54-34-38-75-65(45-54)61-26-7-11-30-73(61)82-75)56-21-14-22-57(41-56)79-68-27-8-4-23-58(68)62-42-51(31-35-70(62)79)53-33-37-74-64(44-53)60-25-6-10-29-72(60)81-74/h1-46H. The van der Waals surface area contributed by atoms with Crippen LogP contribution >= 0.6 is 0 Å². The van der Waals surface area contributed by atoms with E-state index >= 15 is 0 Å². The largest absolute Gasteiger partial charge is 0.456 e. The molecule has 5 heterocycles. The third-order valence-corrected chi connectivity index (χ3v) is 16.5. The van der Waals surface area contributed by atoms with Gasteiger partial charge in [-0.2, -0.15) is 0 Å². The Kier molecular flexibility index (Phi) is 10.2. The summed E-state index contributed by atoms with van der Waals surface area (Å²) in [5, 5.41) is 9.06. The fourth-order valence-electron chi connectivity index (χ4n) is 12.6. The van der Waals surface area contributed by atoms with Gasteiger partial charge in [-0.05, 0) is 148 Å². The minimum atomic E-state index is 0.589. The van der Waals surface area contributed by atoms with Crippen molar-refractivity contribution in [3.63, 3.8) is 0 Å². The van der Waals surface area contributed by atoms with Crippen LogP contribution in [-0.2, 0) is 0 Å². The van der Waals surface area contributed by atoms with Crippen LogP contribution in [0, 0.1) is 0 Å². The van der Waals surface area contributed by atoms with E-state index in [2.05, 4.69) is 264 Å². The topological polar surface area (TPSA) is 61.9 Å². The predicted octanol–water partition coefficient (Wildman–Crippen LogP) is 20.5. The number of hydrogen-bond acceptors (Lipinski definition) is 4. The van der Waals surface area contributed by atoms with Crippen LogP contribution in [0.25, 0.3) is 166 Å². The van der Waals surface area contributed by atoms with Crippen LogP contribution in [0.1, 0.15) is 0 Å². The lowest BCUT2D eigenvalue weighted by atomic mass is 9.97. The first-order valence-corrected chi connectivity index (χ1v) is 27.8. The molecule has 6 heteroatoms. The second kappa shape index (κ2) is 18.2. The summed E-state index contributed by atoms with van der Waals surface area (Å²) < 4.78 is 17.1. The van der Waals surface area contributed by atoms with Gasteiger partial charge in [-0.15, -0.1) is 0 Å². The molecule has 5 aromatic heterocycles. The molecule has 6 nitrogen and oxygen atoms in total. The highest BCUT2D eigenvalue weighted by Crippen LogP contribution is 2.41. The molecule has 82 heavy (non-hydrogen) atoms. The third kappa shape index (κ3) is 7.43. The Balaban J connectivity index is 0.826. The first kappa shape index (κ1) is 45.9. The van der Waals surface area contributed by atoms with Gasteiger partial charge in [0.15, 0.2) is 0 Å². The number of fused-ring (bicyclic) bond motifs is 12. The Morgan fingerprint density at radius 2 is 0.598 bits per heavy atom. The van der Waals surface area contributed by atoms with Crippen LogP contribution < -0.4 is 0 Å². The van der Waals surface area contributed by atoms with Gasteiger partial charge in [0.1, 0.15) is 22.3 Å². The minimum Gasteiger partial charge on any atom is -0.456 e. The average molecular weight is 1050 g/mol. The smallest absolute Gasteiger partial charge is 0.235 e. The molecule has 0 aliphatic heterocycles. The van der Waals surface area contributed by atoms with Gasteiger partial charge in [0.25, 0.3) is 0 Å². The molecule has 0 radical (unpaired) electrons. The lowest BCUT2D eigenvalue weighted by molar-refractivity contribution is 0.668. The summed E-state index contributed by atoms with van der Waals surface area (Å²) in [4.78, 5) is 11.1. The van der Waals surface area contributed by atoms with Gasteiger partial charge in [-0.3, -0.25) is 4.57 Å². The second-order valence-electron chi connectivity index (χ2n) is 21.3. The zero-order chi connectivity index (χ0) is 53.8. The molecule has 0 aliphatic rings. The monoisotopic (exact) mass is 1050 g/mol. The Morgan fingerprint density at radius 1 is 0.220 bits per heavy atom. The molecule has 17 aromatic rings. The van der Waals surface area contributed by atoms with E-state index < -0.39 is 0 Å². The normalized spacial score (nSPS) is 11.9. The predicted molar refractivity (Wildman–Crippen MR) is 338 cm³/mol. The van der Waals surface area contributed by atoms with E-state index in [0.717, 1.165) is 138 Å². The molecule has 382 valence electrons. The molecule has 0 atom stereocenters. The molecule has 17 rings (SSSR count). The van der Waals surface area contributed by atoms with Gasteiger partial charge in [-0.1, -0.05) is 176 Å². The van der Waals surface area contributed by atoms with Crippen molar-refractivity contribution in [3.05, 3.63) is 279 Å². The molecule has 0 spiro atoms. The van der Waals surface area contributed by atoms with Gasteiger partial charge in [0, 0.05) is 59.9 Å². The number of aromatic nitrogens is 4. The van der Waals surface area contributed by atoms with Crippen molar-refractivity contribution < 1.29 is 8.83 Å². The SMILES string of the molecule is c1ccc(-c2cccc(-c3cccc(-c4cc(-c5cccc(-n6c7ccccc7c7cc(-c8ccc9oc%10ccccc%10c9c8)ccc76)c5)nc(-n5c6ccccc6c6cc(-c7ccc8oc9ccccc9c8c7)ccc65)n4)c3)c2)cc1. The van der Waals surface area contributed by atoms with Gasteiger partial charge in [-0.25, -0.2) is 9.97 Å². The average Bonchev–Trinajstić information content (AvgIpc) is 4.48. The van der Waals surface area contributed by atoms with E-state index in [9.17, 15) is 0 Å². The number of para-hydroxylation sites is 4. The Morgan fingerprint density at radius 3 is 1.18 bits per heavy atom.